The van der Waals surface area contributed by atoms with Gasteiger partial charge in [-0.3, -0.25) is 9.59 Å². The van der Waals surface area contributed by atoms with Crippen LogP contribution in [-0.4, -0.2) is 17.9 Å². The molecule has 0 aliphatic heterocycles. The van der Waals surface area contributed by atoms with Crippen molar-refractivity contribution in [3.05, 3.63) is 33.8 Å². The van der Waals surface area contributed by atoms with E-state index in [4.69, 9.17) is 5.73 Å². The molecule has 5 heteroatoms. The first-order chi connectivity index (χ1) is 7.43. The number of hydrogen-bond acceptors (Lipinski definition) is 2. The summed E-state index contributed by atoms with van der Waals surface area (Å²) in [6.07, 6.45) is 0. The molecule has 86 valence electrons. The van der Waals surface area contributed by atoms with Crippen LogP contribution in [0.5, 0.6) is 0 Å². The van der Waals surface area contributed by atoms with Crippen molar-refractivity contribution in [2.24, 2.45) is 5.73 Å². The van der Waals surface area contributed by atoms with Crippen LogP contribution in [0.3, 0.4) is 0 Å². The molecule has 0 aliphatic carbocycles. The third kappa shape index (κ3) is 2.82. The zero-order chi connectivity index (χ0) is 12.3. The van der Waals surface area contributed by atoms with Gasteiger partial charge in [-0.1, -0.05) is 22.0 Å². The second-order valence-electron chi connectivity index (χ2n) is 3.51. The fourth-order valence-electron chi connectivity index (χ4n) is 1.20. The summed E-state index contributed by atoms with van der Waals surface area (Å²) >= 11 is 3.34. The van der Waals surface area contributed by atoms with Gasteiger partial charge >= 0.3 is 0 Å². The summed E-state index contributed by atoms with van der Waals surface area (Å²) in [4.78, 5) is 22.6. The minimum absolute atomic E-state index is 0.301. The van der Waals surface area contributed by atoms with Crippen molar-refractivity contribution in [2.45, 2.75) is 19.9 Å². The van der Waals surface area contributed by atoms with Gasteiger partial charge in [0.25, 0.3) is 5.91 Å². The molecule has 0 spiro atoms. The monoisotopic (exact) mass is 284 g/mol. The predicted molar refractivity (Wildman–Crippen MR) is 65.0 cm³/mol. The van der Waals surface area contributed by atoms with Crippen molar-refractivity contribution in [1.82, 2.24) is 5.32 Å². The number of primary amides is 1. The Morgan fingerprint density at radius 3 is 2.62 bits per heavy atom. The number of nitrogens with two attached hydrogens (primary N) is 1. The van der Waals surface area contributed by atoms with Gasteiger partial charge in [0.2, 0.25) is 5.91 Å². The second-order valence-corrected chi connectivity index (χ2v) is 4.36. The maximum Gasteiger partial charge on any atom is 0.252 e. The number of hydrogen-bond donors (Lipinski definition) is 2. The lowest BCUT2D eigenvalue weighted by atomic mass is 10.1. The van der Waals surface area contributed by atoms with Gasteiger partial charge in [-0.25, -0.2) is 0 Å². The summed E-state index contributed by atoms with van der Waals surface area (Å²) in [5.41, 5.74) is 6.43. The molecule has 0 bridgehead atoms. The number of carbonyl (C=O) groups is 2. The fourth-order valence-corrected chi connectivity index (χ4v) is 1.57. The molecule has 2 amide bonds. The standard InChI is InChI=1S/C11H13BrN2O2/c1-6-8(4-3-5-9(6)12)11(16)14-7(2)10(13)15/h3-5,7H,1-2H3,(H2,13,15)(H,14,16). The summed E-state index contributed by atoms with van der Waals surface area (Å²) < 4.78 is 0.854. The van der Waals surface area contributed by atoms with Crippen molar-refractivity contribution in [2.75, 3.05) is 0 Å². The van der Waals surface area contributed by atoms with Crippen LogP contribution < -0.4 is 11.1 Å². The van der Waals surface area contributed by atoms with E-state index in [9.17, 15) is 9.59 Å². The highest BCUT2D eigenvalue weighted by Crippen LogP contribution is 2.19. The lowest BCUT2D eigenvalue weighted by Gasteiger charge is -2.12. The van der Waals surface area contributed by atoms with Gasteiger partial charge in [0, 0.05) is 10.0 Å². The normalized spacial score (nSPS) is 11.9. The molecule has 0 fully saturated rings. The average Bonchev–Trinajstić information content (AvgIpc) is 2.21. The minimum Gasteiger partial charge on any atom is -0.368 e. The molecule has 4 nitrogen and oxygen atoms in total. The Kier molecular flexibility index (Phi) is 4.06. The third-order valence-electron chi connectivity index (χ3n) is 2.29. The molecule has 1 unspecified atom stereocenters. The zero-order valence-electron chi connectivity index (χ0n) is 9.08. The van der Waals surface area contributed by atoms with E-state index in [1.807, 2.05) is 13.0 Å². The smallest absolute Gasteiger partial charge is 0.252 e. The van der Waals surface area contributed by atoms with Crippen molar-refractivity contribution < 1.29 is 9.59 Å². The maximum atomic E-state index is 11.8. The molecule has 0 radical (unpaired) electrons. The summed E-state index contributed by atoms with van der Waals surface area (Å²) in [5, 5.41) is 2.53. The van der Waals surface area contributed by atoms with Gasteiger partial charge in [-0.2, -0.15) is 0 Å². The van der Waals surface area contributed by atoms with Gasteiger partial charge in [0.1, 0.15) is 6.04 Å². The van der Waals surface area contributed by atoms with Crippen molar-refractivity contribution in [3.63, 3.8) is 0 Å². The SMILES string of the molecule is Cc1c(Br)cccc1C(=O)NC(C)C(N)=O. The summed E-state index contributed by atoms with van der Waals surface area (Å²) in [6.45, 7) is 3.38. The number of nitrogens with one attached hydrogen (secondary N) is 1. The molecule has 0 saturated heterocycles. The maximum absolute atomic E-state index is 11.8. The Labute approximate surface area is 102 Å². The van der Waals surface area contributed by atoms with E-state index in [0.717, 1.165) is 10.0 Å². The van der Waals surface area contributed by atoms with Gasteiger partial charge in [0.05, 0.1) is 0 Å². The minimum atomic E-state index is -0.675. The van der Waals surface area contributed by atoms with Crippen LogP contribution in [0.15, 0.2) is 22.7 Å². The Morgan fingerprint density at radius 1 is 1.44 bits per heavy atom. The molecule has 0 saturated carbocycles. The van der Waals surface area contributed by atoms with Crippen LogP contribution in [0.2, 0.25) is 0 Å². The predicted octanol–water partition coefficient (Wildman–Crippen LogP) is 1.36. The molecular formula is C11H13BrN2O2. The zero-order valence-corrected chi connectivity index (χ0v) is 10.7. The van der Waals surface area contributed by atoms with Gasteiger partial charge in [-0.05, 0) is 31.5 Å². The number of halogens is 1. The van der Waals surface area contributed by atoms with Crippen LogP contribution in [0, 0.1) is 6.92 Å². The summed E-state index contributed by atoms with van der Waals surface area (Å²) in [6, 6.07) is 4.64. The molecule has 1 rings (SSSR count). The largest absolute Gasteiger partial charge is 0.368 e. The number of benzene rings is 1. The van der Waals surface area contributed by atoms with E-state index in [2.05, 4.69) is 21.2 Å². The first-order valence-corrected chi connectivity index (χ1v) is 5.58. The lowest BCUT2D eigenvalue weighted by Crippen LogP contribution is -2.42. The molecule has 1 aromatic rings. The number of amides is 2. The Balaban J connectivity index is 2.89. The number of carbonyl (C=O) groups excluding carboxylic acids is 2. The molecule has 0 aromatic heterocycles. The molecule has 0 heterocycles. The first-order valence-electron chi connectivity index (χ1n) is 4.78. The van der Waals surface area contributed by atoms with Crippen LogP contribution in [0.1, 0.15) is 22.8 Å². The molecule has 0 aliphatic rings. The Bertz CT molecular complexity index is 432. The van der Waals surface area contributed by atoms with E-state index in [1.54, 1.807) is 19.1 Å². The van der Waals surface area contributed by atoms with Crippen LogP contribution in [0.4, 0.5) is 0 Å². The molecule has 3 N–H and O–H groups in total. The van der Waals surface area contributed by atoms with E-state index in [1.165, 1.54) is 0 Å². The topological polar surface area (TPSA) is 72.2 Å². The van der Waals surface area contributed by atoms with Crippen LogP contribution in [0.25, 0.3) is 0 Å². The quantitative estimate of drug-likeness (QED) is 0.880. The highest BCUT2D eigenvalue weighted by molar-refractivity contribution is 9.10. The average molecular weight is 285 g/mol. The molecule has 1 atom stereocenters. The molecular weight excluding hydrogens is 272 g/mol. The van der Waals surface area contributed by atoms with E-state index in [-0.39, 0.29) is 5.91 Å². The molecule has 16 heavy (non-hydrogen) atoms. The van der Waals surface area contributed by atoms with Gasteiger partial charge in [0.15, 0.2) is 0 Å². The lowest BCUT2D eigenvalue weighted by molar-refractivity contribution is -0.119. The summed E-state index contributed by atoms with van der Waals surface area (Å²) in [7, 11) is 0. The van der Waals surface area contributed by atoms with Crippen LogP contribution in [-0.2, 0) is 4.79 Å². The van der Waals surface area contributed by atoms with Crippen LogP contribution >= 0.6 is 15.9 Å². The molecule has 1 aromatic carbocycles. The van der Waals surface area contributed by atoms with Crippen molar-refractivity contribution >= 4 is 27.7 Å². The highest BCUT2D eigenvalue weighted by Gasteiger charge is 2.15. The number of rotatable bonds is 3. The summed E-state index contributed by atoms with van der Waals surface area (Å²) in [5.74, 6) is -0.855. The van der Waals surface area contributed by atoms with E-state index in [0.29, 0.717) is 5.56 Å². The Hall–Kier alpha value is -1.36. The van der Waals surface area contributed by atoms with Gasteiger partial charge < -0.3 is 11.1 Å². The Morgan fingerprint density at radius 2 is 2.06 bits per heavy atom. The van der Waals surface area contributed by atoms with Crippen molar-refractivity contribution in [3.8, 4) is 0 Å². The highest BCUT2D eigenvalue weighted by atomic mass is 79.9. The van der Waals surface area contributed by atoms with E-state index >= 15 is 0 Å². The van der Waals surface area contributed by atoms with Gasteiger partial charge in [-0.15, -0.1) is 0 Å². The first kappa shape index (κ1) is 12.7. The van der Waals surface area contributed by atoms with E-state index < -0.39 is 11.9 Å². The third-order valence-corrected chi connectivity index (χ3v) is 3.15. The van der Waals surface area contributed by atoms with Crippen molar-refractivity contribution in [1.29, 1.82) is 0 Å². The fraction of sp³-hybridized carbons (Fsp3) is 0.273. The second kappa shape index (κ2) is 5.12.